The van der Waals surface area contributed by atoms with Gasteiger partial charge in [-0.2, -0.15) is 0 Å². The Morgan fingerprint density at radius 1 is 1.05 bits per heavy atom. The molecule has 0 heterocycles. The molecule has 0 aromatic carbocycles. The number of hydrogen-bond acceptors (Lipinski definition) is 3. The summed E-state index contributed by atoms with van der Waals surface area (Å²) >= 11 is 0. The topological polar surface area (TPSA) is 79.5 Å². The molecule has 0 saturated heterocycles. The lowest BCUT2D eigenvalue weighted by Crippen LogP contribution is -2.53. The van der Waals surface area contributed by atoms with Crippen LogP contribution in [0.2, 0.25) is 0 Å². The molecule has 3 amide bonds. The van der Waals surface area contributed by atoms with E-state index in [9.17, 15) is 9.59 Å². The second-order valence-corrected chi connectivity index (χ2v) is 6.12. The largest absolute Gasteiger partial charge is 0.444 e. The molecule has 0 radical (unpaired) electrons. The van der Waals surface area contributed by atoms with Gasteiger partial charge in [0.05, 0.1) is 5.54 Å². The maximum Gasteiger partial charge on any atom is 0.408 e. The van der Waals surface area contributed by atoms with Crippen molar-refractivity contribution in [3.63, 3.8) is 0 Å². The van der Waals surface area contributed by atoms with Crippen molar-refractivity contribution in [2.75, 3.05) is 13.1 Å². The third-order valence-electron chi connectivity index (χ3n) is 2.07. The predicted molar refractivity (Wildman–Crippen MR) is 75.1 cm³/mol. The Bertz CT molecular complexity index is 309. The van der Waals surface area contributed by atoms with Crippen LogP contribution >= 0.6 is 0 Å². The molecule has 0 saturated carbocycles. The van der Waals surface area contributed by atoms with Gasteiger partial charge in [-0.25, -0.2) is 9.59 Å². The molecule has 0 rings (SSSR count). The number of ether oxygens (including phenoxy) is 1. The molecular formula is C13H27N3O3. The molecule has 0 aliphatic rings. The van der Waals surface area contributed by atoms with Crippen LogP contribution in [0.4, 0.5) is 9.59 Å². The summed E-state index contributed by atoms with van der Waals surface area (Å²) in [6.07, 6.45) is 0.390. The number of amides is 3. The number of alkyl carbamates (subject to hydrolysis) is 1. The van der Waals surface area contributed by atoms with Crippen LogP contribution in [-0.4, -0.2) is 36.4 Å². The fourth-order valence-electron chi connectivity index (χ4n) is 1.23. The molecule has 0 bridgehead atoms. The fraction of sp³-hybridized carbons (Fsp3) is 0.846. The van der Waals surface area contributed by atoms with Crippen LogP contribution in [0.5, 0.6) is 0 Å². The van der Waals surface area contributed by atoms with Crippen LogP contribution in [-0.2, 0) is 4.74 Å². The van der Waals surface area contributed by atoms with E-state index in [1.807, 2.05) is 20.8 Å². The van der Waals surface area contributed by atoms with Crippen molar-refractivity contribution in [3.8, 4) is 0 Å². The fourth-order valence-corrected chi connectivity index (χ4v) is 1.23. The first kappa shape index (κ1) is 17.5. The molecule has 0 unspecified atom stereocenters. The van der Waals surface area contributed by atoms with E-state index in [1.165, 1.54) is 0 Å². The number of nitrogens with one attached hydrogen (secondary N) is 3. The summed E-state index contributed by atoms with van der Waals surface area (Å²) in [6, 6.07) is -0.235. The van der Waals surface area contributed by atoms with E-state index in [4.69, 9.17) is 4.74 Å². The lowest BCUT2D eigenvalue weighted by atomic mass is 10.1. The van der Waals surface area contributed by atoms with Gasteiger partial charge in [0.2, 0.25) is 0 Å². The summed E-state index contributed by atoms with van der Waals surface area (Å²) in [5.74, 6) is 0. The maximum absolute atomic E-state index is 11.6. The van der Waals surface area contributed by atoms with Crippen molar-refractivity contribution in [2.45, 2.75) is 59.1 Å². The molecule has 6 nitrogen and oxygen atoms in total. The van der Waals surface area contributed by atoms with Gasteiger partial charge in [0.25, 0.3) is 0 Å². The van der Waals surface area contributed by atoms with Crippen LogP contribution < -0.4 is 16.0 Å². The Morgan fingerprint density at radius 3 is 2.11 bits per heavy atom. The first-order chi connectivity index (χ1) is 8.56. The molecule has 0 aliphatic heterocycles. The van der Waals surface area contributed by atoms with Gasteiger partial charge in [0.1, 0.15) is 5.60 Å². The Labute approximate surface area is 115 Å². The third kappa shape index (κ3) is 10.2. The summed E-state index contributed by atoms with van der Waals surface area (Å²) in [6.45, 7) is 12.0. The molecule has 0 fully saturated rings. The van der Waals surface area contributed by atoms with E-state index in [2.05, 4.69) is 16.0 Å². The highest BCUT2D eigenvalue weighted by atomic mass is 16.6. The first-order valence-corrected chi connectivity index (χ1v) is 6.58. The standard InChI is InChI=1S/C13H27N3O3/c1-7-8-14-10(17)15-9-13(5,6)16-11(18)19-12(2,3)4/h7-9H2,1-6H3,(H,16,18)(H2,14,15,17). The Hall–Kier alpha value is -1.46. The van der Waals surface area contributed by atoms with Gasteiger partial charge in [-0.05, 0) is 41.0 Å². The number of rotatable bonds is 5. The smallest absolute Gasteiger partial charge is 0.408 e. The molecule has 0 aliphatic carbocycles. The van der Waals surface area contributed by atoms with E-state index < -0.39 is 17.2 Å². The SMILES string of the molecule is CCCNC(=O)NCC(C)(C)NC(=O)OC(C)(C)C. The molecule has 3 N–H and O–H groups in total. The Kier molecular flexibility index (Phi) is 6.65. The number of carbonyl (C=O) groups excluding carboxylic acids is 2. The average Bonchev–Trinajstić information content (AvgIpc) is 2.20. The zero-order valence-corrected chi connectivity index (χ0v) is 12.8. The monoisotopic (exact) mass is 273 g/mol. The highest BCUT2D eigenvalue weighted by molar-refractivity contribution is 5.74. The van der Waals surface area contributed by atoms with Crippen molar-refractivity contribution in [1.29, 1.82) is 0 Å². The van der Waals surface area contributed by atoms with Gasteiger partial charge in [0, 0.05) is 13.1 Å². The van der Waals surface area contributed by atoms with E-state index in [0.29, 0.717) is 13.1 Å². The lowest BCUT2D eigenvalue weighted by molar-refractivity contribution is 0.0472. The van der Waals surface area contributed by atoms with Gasteiger partial charge in [-0.3, -0.25) is 0 Å². The molecule has 0 aromatic heterocycles. The van der Waals surface area contributed by atoms with E-state index in [0.717, 1.165) is 6.42 Å². The van der Waals surface area contributed by atoms with Gasteiger partial charge in [-0.1, -0.05) is 6.92 Å². The third-order valence-corrected chi connectivity index (χ3v) is 2.07. The van der Waals surface area contributed by atoms with Gasteiger partial charge >= 0.3 is 12.1 Å². The second-order valence-electron chi connectivity index (χ2n) is 6.12. The zero-order valence-electron chi connectivity index (χ0n) is 12.8. The van der Waals surface area contributed by atoms with Gasteiger partial charge < -0.3 is 20.7 Å². The van der Waals surface area contributed by atoms with E-state index in [-0.39, 0.29) is 6.03 Å². The Morgan fingerprint density at radius 2 is 1.63 bits per heavy atom. The van der Waals surface area contributed by atoms with Crippen LogP contribution in [0.3, 0.4) is 0 Å². The molecule has 112 valence electrons. The number of urea groups is 1. The average molecular weight is 273 g/mol. The summed E-state index contributed by atoms with van der Waals surface area (Å²) < 4.78 is 5.17. The number of hydrogen-bond donors (Lipinski definition) is 3. The van der Waals surface area contributed by atoms with Crippen molar-refractivity contribution in [3.05, 3.63) is 0 Å². The summed E-state index contributed by atoms with van der Waals surface area (Å²) in [4.78, 5) is 23.0. The predicted octanol–water partition coefficient (Wildman–Crippen LogP) is 2.00. The maximum atomic E-state index is 11.6. The molecule has 0 spiro atoms. The highest BCUT2D eigenvalue weighted by Crippen LogP contribution is 2.08. The number of carbonyl (C=O) groups is 2. The zero-order chi connectivity index (χ0) is 15.1. The van der Waals surface area contributed by atoms with Crippen LogP contribution in [0.25, 0.3) is 0 Å². The summed E-state index contributed by atoms with van der Waals surface area (Å²) in [7, 11) is 0. The van der Waals surface area contributed by atoms with Crippen molar-refractivity contribution in [1.82, 2.24) is 16.0 Å². The minimum Gasteiger partial charge on any atom is -0.444 e. The molecule has 6 heteroatoms. The molecule has 0 aromatic rings. The summed E-state index contributed by atoms with van der Waals surface area (Å²) in [5.41, 5.74) is -1.11. The molecule has 0 atom stereocenters. The molecular weight excluding hydrogens is 246 g/mol. The normalized spacial score (nSPS) is 11.7. The van der Waals surface area contributed by atoms with Crippen molar-refractivity contribution < 1.29 is 14.3 Å². The van der Waals surface area contributed by atoms with Crippen molar-refractivity contribution >= 4 is 12.1 Å². The quantitative estimate of drug-likeness (QED) is 0.716. The minimum absolute atomic E-state index is 0.235. The first-order valence-electron chi connectivity index (χ1n) is 6.58. The molecule has 19 heavy (non-hydrogen) atoms. The van der Waals surface area contributed by atoms with Crippen LogP contribution in [0.1, 0.15) is 48.0 Å². The van der Waals surface area contributed by atoms with Crippen molar-refractivity contribution in [2.24, 2.45) is 0 Å². The van der Waals surface area contributed by atoms with Gasteiger partial charge in [0.15, 0.2) is 0 Å². The van der Waals surface area contributed by atoms with E-state index in [1.54, 1.807) is 20.8 Å². The Balaban J connectivity index is 4.10. The van der Waals surface area contributed by atoms with Crippen LogP contribution in [0.15, 0.2) is 0 Å². The minimum atomic E-state index is -0.577. The van der Waals surface area contributed by atoms with E-state index >= 15 is 0 Å². The van der Waals surface area contributed by atoms with Gasteiger partial charge in [-0.15, -0.1) is 0 Å². The highest BCUT2D eigenvalue weighted by Gasteiger charge is 2.24. The lowest BCUT2D eigenvalue weighted by Gasteiger charge is -2.28. The summed E-state index contributed by atoms with van der Waals surface area (Å²) in [5, 5.41) is 8.13. The van der Waals surface area contributed by atoms with Crippen LogP contribution in [0, 0.1) is 0 Å². The second kappa shape index (κ2) is 7.21.